The Morgan fingerprint density at radius 3 is 2.75 bits per heavy atom. The summed E-state index contributed by atoms with van der Waals surface area (Å²) in [5.41, 5.74) is 6.30. The number of fused-ring (bicyclic) bond motifs is 3. The lowest BCUT2D eigenvalue weighted by molar-refractivity contribution is 0.122. The van der Waals surface area contributed by atoms with Crippen molar-refractivity contribution in [1.82, 2.24) is 15.0 Å². The molecular weight excluding hydrogens is 396 g/mol. The van der Waals surface area contributed by atoms with E-state index in [1.165, 1.54) is 24.6 Å². The molecule has 0 spiro atoms. The standard InChI is InChI=1S/C27H30N4O/c1-2-3-4-5-6-7-21-9-11-23-24-18-20(8-12-26(24)30-27(23)29-21)25-13-10-22(19-28-25)31-14-16-32-17-15-31/h6-13,18-19H,2-5,14-17H2,1H3,(H,29,30)/b7-6+. The molecule has 0 radical (unpaired) electrons. The van der Waals surface area contributed by atoms with Gasteiger partial charge in [-0.1, -0.05) is 31.9 Å². The monoisotopic (exact) mass is 426 g/mol. The van der Waals surface area contributed by atoms with Crippen molar-refractivity contribution in [2.45, 2.75) is 32.6 Å². The summed E-state index contributed by atoms with van der Waals surface area (Å²) in [6.45, 7) is 5.64. The van der Waals surface area contributed by atoms with E-state index in [1.807, 2.05) is 6.20 Å². The summed E-state index contributed by atoms with van der Waals surface area (Å²) in [7, 11) is 0. The molecule has 1 saturated heterocycles. The van der Waals surface area contributed by atoms with Gasteiger partial charge in [0.15, 0.2) is 0 Å². The maximum absolute atomic E-state index is 5.45. The Morgan fingerprint density at radius 2 is 1.94 bits per heavy atom. The molecule has 5 rings (SSSR count). The number of benzene rings is 1. The molecule has 1 aromatic carbocycles. The Kier molecular flexibility index (Phi) is 6.17. The van der Waals surface area contributed by atoms with Gasteiger partial charge in [-0.05, 0) is 55.3 Å². The highest BCUT2D eigenvalue weighted by Crippen LogP contribution is 2.29. The van der Waals surface area contributed by atoms with Crippen molar-refractivity contribution in [2.24, 2.45) is 0 Å². The summed E-state index contributed by atoms with van der Waals surface area (Å²) in [6.07, 6.45) is 11.2. The second kappa shape index (κ2) is 9.53. The number of morpholine rings is 1. The summed E-state index contributed by atoms with van der Waals surface area (Å²) >= 11 is 0. The maximum atomic E-state index is 5.45. The molecule has 4 heterocycles. The third-order valence-corrected chi connectivity index (χ3v) is 6.16. The minimum atomic E-state index is 0.781. The van der Waals surface area contributed by atoms with Gasteiger partial charge in [0.1, 0.15) is 5.65 Å². The van der Waals surface area contributed by atoms with Crippen LogP contribution < -0.4 is 4.90 Å². The molecule has 1 aliphatic heterocycles. The summed E-state index contributed by atoms with van der Waals surface area (Å²) in [5, 5.41) is 2.33. The lowest BCUT2D eigenvalue weighted by atomic mass is 10.1. The van der Waals surface area contributed by atoms with E-state index in [4.69, 9.17) is 14.7 Å². The summed E-state index contributed by atoms with van der Waals surface area (Å²) < 4.78 is 5.45. The highest BCUT2D eigenvalue weighted by Gasteiger charge is 2.12. The highest BCUT2D eigenvalue weighted by molar-refractivity contribution is 6.07. The highest BCUT2D eigenvalue weighted by atomic mass is 16.5. The van der Waals surface area contributed by atoms with Gasteiger partial charge in [0.25, 0.3) is 0 Å². The van der Waals surface area contributed by atoms with E-state index in [0.717, 1.165) is 71.9 Å². The number of allylic oxidation sites excluding steroid dienone is 1. The van der Waals surface area contributed by atoms with Crippen molar-refractivity contribution >= 4 is 33.7 Å². The molecular formula is C27H30N4O. The molecule has 32 heavy (non-hydrogen) atoms. The topological polar surface area (TPSA) is 54.0 Å². The molecule has 0 atom stereocenters. The van der Waals surface area contributed by atoms with Crippen LogP contribution in [0.1, 0.15) is 38.3 Å². The smallest absolute Gasteiger partial charge is 0.139 e. The molecule has 3 aromatic heterocycles. The van der Waals surface area contributed by atoms with Gasteiger partial charge in [-0.2, -0.15) is 0 Å². The SMILES string of the molecule is CCCCC/C=C/c1ccc2c(n1)[nH]c1ccc(-c3ccc(N4CCOCC4)cn3)cc12. The maximum Gasteiger partial charge on any atom is 0.139 e. The van der Waals surface area contributed by atoms with Crippen molar-refractivity contribution < 1.29 is 4.74 Å². The zero-order chi connectivity index (χ0) is 21.8. The molecule has 4 aromatic rings. The van der Waals surface area contributed by atoms with Crippen molar-refractivity contribution in [3.05, 3.63) is 60.4 Å². The molecule has 0 aliphatic carbocycles. The summed E-state index contributed by atoms with van der Waals surface area (Å²) in [5.74, 6) is 0. The fourth-order valence-corrected chi connectivity index (χ4v) is 4.32. The van der Waals surface area contributed by atoms with Crippen molar-refractivity contribution in [1.29, 1.82) is 0 Å². The van der Waals surface area contributed by atoms with Crippen LogP contribution in [0.2, 0.25) is 0 Å². The molecule has 0 saturated carbocycles. The zero-order valence-electron chi connectivity index (χ0n) is 18.7. The number of hydrogen-bond donors (Lipinski definition) is 1. The normalized spacial score (nSPS) is 14.7. The second-order valence-corrected chi connectivity index (χ2v) is 8.42. The first-order valence-electron chi connectivity index (χ1n) is 11.7. The Balaban J connectivity index is 1.39. The van der Waals surface area contributed by atoms with E-state index in [0.29, 0.717) is 0 Å². The molecule has 1 N–H and O–H groups in total. The molecule has 0 bridgehead atoms. The van der Waals surface area contributed by atoms with E-state index >= 15 is 0 Å². The minimum absolute atomic E-state index is 0.781. The fraction of sp³-hybridized carbons (Fsp3) is 0.333. The van der Waals surface area contributed by atoms with Crippen LogP contribution in [-0.2, 0) is 4.74 Å². The number of anilines is 1. The number of nitrogens with zero attached hydrogens (tertiary/aromatic N) is 3. The summed E-state index contributed by atoms with van der Waals surface area (Å²) in [4.78, 5) is 15.4. The van der Waals surface area contributed by atoms with Gasteiger partial charge in [0, 0.05) is 34.9 Å². The van der Waals surface area contributed by atoms with Gasteiger partial charge < -0.3 is 14.6 Å². The quantitative estimate of drug-likeness (QED) is 0.357. The van der Waals surface area contributed by atoms with Gasteiger partial charge in [-0.15, -0.1) is 0 Å². The number of nitrogens with one attached hydrogen (secondary N) is 1. The Hall–Kier alpha value is -3.18. The van der Waals surface area contributed by atoms with Crippen molar-refractivity contribution in [3.63, 3.8) is 0 Å². The first kappa shape index (κ1) is 20.7. The third-order valence-electron chi connectivity index (χ3n) is 6.16. The Bertz CT molecular complexity index is 1220. The van der Waals surface area contributed by atoms with Gasteiger partial charge in [-0.25, -0.2) is 4.98 Å². The predicted octanol–water partition coefficient (Wildman–Crippen LogP) is 6.21. The van der Waals surface area contributed by atoms with Gasteiger partial charge in [-0.3, -0.25) is 4.98 Å². The molecule has 0 unspecified atom stereocenters. The van der Waals surface area contributed by atoms with Crippen LogP contribution in [0.25, 0.3) is 39.3 Å². The molecule has 164 valence electrons. The number of rotatable bonds is 7. The van der Waals surface area contributed by atoms with E-state index in [1.54, 1.807) is 0 Å². The first-order chi connectivity index (χ1) is 15.8. The average Bonchev–Trinajstić information content (AvgIpc) is 3.21. The lowest BCUT2D eigenvalue weighted by Gasteiger charge is -2.28. The number of hydrogen-bond acceptors (Lipinski definition) is 4. The van der Waals surface area contributed by atoms with Gasteiger partial charge in [0.2, 0.25) is 0 Å². The fourth-order valence-electron chi connectivity index (χ4n) is 4.32. The largest absolute Gasteiger partial charge is 0.378 e. The number of aromatic amines is 1. The lowest BCUT2D eigenvalue weighted by Crippen LogP contribution is -2.36. The molecule has 1 aliphatic rings. The molecule has 1 fully saturated rings. The van der Waals surface area contributed by atoms with Crippen LogP contribution in [0.3, 0.4) is 0 Å². The van der Waals surface area contributed by atoms with E-state index in [9.17, 15) is 0 Å². The van der Waals surface area contributed by atoms with Crippen LogP contribution in [0.15, 0.2) is 54.7 Å². The van der Waals surface area contributed by atoms with Crippen molar-refractivity contribution in [2.75, 3.05) is 31.2 Å². The predicted molar refractivity (Wildman–Crippen MR) is 133 cm³/mol. The van der Waals surface area contributed by atoms with Crippen LogP contribution in [0, 0.1) is 0 Å². The first-order valence-corrected chi connectivity index (χ1v) is 11.7. The van der Waals surface area contributed by atoms with Crippen LogP contribution in [0.5, 0.6) is 0 Å². The number of pyridine rings is 2. The van der Waals surface area contributed by atoms with E-state index < -0.39 is 0 Å². The molecule has 5 nitrogen and oxygen atoms in total. The third kappa shape index (κ3) is 4.39. The average molecular weight is 427 g/mol. The van der Waals surface area contributed by atoms with Gasteiger partial charge in [0.05, 0.1) is 36.5 Å². The Morgan fingerprint density at radius 1 is 1.03 bits per heavy atom. The van der Waals surface area contributed by atoms with E-state index in [-0.39, 0.29) is 0 Å². The summed E-state index contributed by atoms with van der Waals surface area (Å²) in [6, 6.07) is 15.0. The number of H-pyrrole nitrogens is 1. The van der Waals surface area contributed by atoms with Crippen LogP contribution >= 0.6 is 0 Å². The van der Waals surface area contributed by atoms with Crippen LogP contribution in [-0.4, -0.2) is 41.3 Å². The zero-order valence-corrected chi connectivity index (χ0v) is 18.7. The van der Waals surface area contributed by atoms with E-state index in [2.05, 4.69) is 71.4 Å². The second-order valence-electron chi connectivity index (χ2n) is 8.42. The molecule has 5 heteroatoms. The van der Waals surface area contributed by atoms with Crippen LogP contribution in [0.4, 0.5) is 5.69 Å². The number of unbranched alkanes of at least 4 members (excludes halogenated alkanes) is 3. The van der Waals surface area contributed by atoms with Crippen molar-refractivity contribution in [3.8, 4) is 11.3 Å². The number of ether oxygens (including phenoxy) is 1. The molecule has 0 amide bonds. The van der Waals surface area contributed by atoms with Gasteiger partial charge >= 0.3 is 0 Å². The number of aromatic nitrogens is 3. The Labute approximate surface area is 189 Å². The minimum Gasteiger partial charge on any atom is -0.378 e.